The number of rotatable bonds is 3. The number of carbonyl (C=O) groups is 1. The number of benzene rings is 1. The summed E-state index contributed by atoms with van der Waals surface area (Å²) in [6, 6.07) is 8.04. The monoisotopic (exact) mass is 233 g/mol. The zero-order valence-corrected chi connectivity index (χ0v) is 9.98. The van der Waals surface area contributed by atoms with Gasteiger partial charge in [0.25, 0.3) is 0 Å². The summed E-state index contributed by atoms with van der Waals surface area (Å²) in [4.78, 5) is 13.6. The largest absolute Gasteiger partial charge is 0.334 e. The number of likely N-dealkylation sites (tertiary alicyclic amines) is 1. The lowest BCUT2D eigenvalue weighted by molar-refractivity contribution is 0.208. The molecule has 0 spiro atoms. The summed E-state index contributed by atoms with van der Waals surface area (Å²) in [5, 5.41) is 2.94. The molecule has 1 aliphatic rings. The Labute approximate surface area is 102 Å². The number of hydrogen-bond acceptors (Lipinski definition) is 2. The molecular formula is C13H19N3O. The van der Waals surface area contributed by atoms with Crippen LogP contribution in [0.3, 0.4) is 0 Å². The Hall–Kier alpha value is -1.55. The summed E-state index contributed by atoms with van der Waals surface area (Å²) in [5.41, 5.74) is 7.77. The second kappa shape index (κ2) is 5.68. The van der Waals surface area contributed by atoms with E-state index in [1.807, 2.05) is 29.2 Å². The normalized spacial score (nSPS) is 15.0. The summed E-state index contributed by atoms with van der Waals surface area (Å²) in [5.74, 6) is 0. The fourth-order valence-corrected chi connectivity index (χ4v) is 2.08. The minimum Gasteiger partial charge on any atom is -0.334 e. The maximum absolute atomic E-state index is 11.8. The Morgan fingerprint density at radius 1 is 1.29 bits per heavy atom. The third-order valence-corrected chi connectivity index (χ3v) is 3.06. The third-order valence-electron chi connectivity index (χ3n) is 3.06. The van der Waals surface area contributed by atoms with Crippen LogP contribution in [0.5, 0.6) is 0 Å². The van der Waals surface area contributed by atoms with Crippen LogP contribution in [0.1, 0.15) is 24.0 Å². The van der Waals surface area contributed by atoms with E-state index in [4.69, 9.17) is 5.73 Å². The van der Waals surface area contributed by atoms with Crippen LogP contribution in [0.2, 0.25) is 0 Å². The first kappa shape index (κ1) is 11.9. The van der Waals surface area contributed by atoms with Crippen molar-refractivity contribution in [3.63, 3.8) is 0 Å². The van der Waals surface area contributed by atoms with Crippen LogP contribution < -0.4 is 11.1 Å². The molecule has 1 fully saturated rings. The summed E-state index contributed by atoms with van der Waals surface area (Å²) in [6.45, 7) is 2.88. The Balaban J connectivity index is 1.86. The summed E-state index contributed by atoms with van der Waals surface area (Å²) in [7, 11) is 0. The van der Waals surface area contributed by atoms with E-state index in [9.17, 15) is 4.79 Å². The quantitative estimate of drug-likeness (QED) is 0.830. The van der Waals surface area contributed by atoms with Crippen LogP contribution in [0.15, 0.2) is 24.3 Å². The lowest BCUT2D eigenvalue weighted by Crippen LogP contribution is -2.37. The van der Waals surface area contributed by atoms with Gasteiger partial charge < -0.3 is 16.0 Å². The summed E-state index contributed by atoms with van der Waals surface area (Å²) in [6.07, 6.45) is 2.24. The molecule has 92 valence electrons. The van der Waals surface area contributed by atoms with Gasteiger partial charge in [-0.25, -0.2) is 4.79 Å². The first-order chi connectivity index (χ1) is 8.29. The van der Waals surface area contributed by atoms with Crippen LogP contribution >= 0.6 is 0 Å². The highest BCUT2D eigenvalue weighted by atomic mass is 16.2. The van der Waals surface area contributed by atoms with Gasteiger partial charge in [0.1, 0.15) is 0 Å². The SMILES string of the molecule is NCc1cccc(CNC(=O)N2CCCC2)c1. The molecule has 0 radical (unpaired) electrons. The predicted molar refractivity (Wildman–Crippen MR) is 67.4 cm³/mol. The molecular weight excluding hydrogens is 214 g/mol. The average molecular weight is 233 g/mol. The second-order valence-corrected chi connectivity index (χ2v) is 4.38. The number of amides is 2. The molecule has 0 atom stereocenters. The predicted octanol–water partition coefficient (Wildman–Crippen LogP) is 1.45. The van der Waals surface area contributed by atoms with Crippen LogP contribution in [-0.4, -0.2) is 24.0 Å². The Kier molecular flexibility index (Phi) is 3.98. The number of nitrogens with two attached hydrogens (primary N) is 1. The highest BCUT2D eigenvalue weighted by Crippen LogP contribution is 2.08. The Morgan fingerprint density at radius 3 is 2.71 bits per heavy atom. The fourth-order valence-electron chi connectivity index (χ4n) is 2.08. The summed E-state index contributed by atoms with van der Waals surface area (Å²) >= 11 is 0. The van der Waals surface area contributed by atoms with Crippen molar-refractivity contribution < 1.29 is 4.79 Å². The molecule has 1 aromatic rings. The zero-order chi connectivity index (χ0) is 12.1. The topological polar surface area (TPSA) is 58.4 Å². The van der Waals surface area contributed by atoms with E-state index in [0.29, 0.717) is 13.1 Å². The van der Waals surface area contributed by atoms with Gasteiger partial charge in [-0.3, -0.25) is 0 Å². The zero-order valence-electron chi connectivity index (χ0n) is 9.98. The number of nitrogens with zero attached hydrogens (tertiary/aromatic N) is 1. The van der Waals surface area contributed by atoms with Gasteiger partial charge in [-0.2, -0.15) is 0 Å². The molecule has 2 rings (SSSR count). The smallest absolute Gasteiger partial charge is 0.317 e. The molecule has 3 N–H and O–H groups in total. The van der Waals surface area contributed by atoms with Crippen molar-refractivity contribution in [2.24, 2.45) is 5.73 Å². The van der Waals surface area contributed by atoms with Gasteiger partial charge in [-0.15, -0.1) is 0 Å². The van der Waals surface area contributed by atoms with E-state index in [0.717, 1.165) is 37.1 Å². The lowest BCUT2D eigenvalue weighted by Gasteiger charge is -2.16. The van der Waals surface area contributed by atoms with E-state index in [-0.39, 0.29) is 6.03 Å². The molecule has 1 aliphatic heterocycles. The standard InChI is InChI=1S/C13H19N3O/c14-9-11-4-3-5-12(8-11)10-15-13(17)16-6-1-2-7-16/h3-5,8H,1-2,6-7,9-10,14H2,(H,15,17). The molecule has 4 heteroatoms. The van der Waals surface area contributed by atoms with Crippen LogP contribution in [-0.2, 0) is 13.1 Å². The van der Waals surface area contributed by atoms with Crippen LogP contribution in [0, 0.1) is 0 Å². The number of hydrogen-bond donors (Lipinski definition) is 2. The van der Waals surface area contributed by atoms with E-state index >= 15 is 0 Å². The van der Waals surface area contributed by atoms with Gasteiger partial charge in [-0.05, 0) is 24.0 Å². The maximum Gasteiger partial charge on any atom is 0.317 e. The average Bonchev–Trinajstić information content (AvgIpc) is 2.90. The number of urea groups is 1. The van der Waals surface area contributed by atoms with Gasteiger partial charge in [0, 0.05) is 26.2 Å². The van der Waals surface area contributed by atoms with Crippen molar-refractivity contribution in [2.45, 2.75) is 25.9 Å². The van der Waals surface area contributed by atoms with Crippen molar-refractivity contribution in [1.29, 1.82) is 0 Å². The van der Waals surface area contributed by atoms with E-state index < -0.39 is 0 Å². The number of carbonyl (C=O) groups excluding carboxylic acids is 1. The van der Waals surface area contributed by atoms with Crippen LogP contribution in [0.4, 0.5) is 4.79 Å². The molecule has 1 heterocycles. The second-order valence-electron chi connectivity index (χ2n) is 4.38. The van der Waals surface area contributed by atoms with Crippen molar-refractivity contribution in [1.82, 2.24) is 10.2 Å². The first-order valence-electron chi connectivity index (χ1n) is 6.10. The lowest BCUT2D eigenvalue weighted by atomic mass is 10.1. The molecule has 17 heavy (non-hydrogen) atoms. The van der Waals surface area contributed by atoms with E-state index in [2.05, 4.69) is 5.32 Å². The van der Waals surface area contributed by atoms with Gasteiger partial charge in [-0.1, -0.05) is 24.3 Å². The minimum absolute atomic E-state index is 0.0423. The first-order valence-corrected chi connectivity index (χ1v) is 6.10. The molecule has 1 aromatic carbocycles. The van der Waals surface area contributed by atoms with Crippen molar-refractivity contribution in [3.05, 3.63) is 35.4 Å². The minimum atomic E-state index is 0.0423. The Bertz CT molecular complexity index is 386. The fraction of sp³-hybridized carbons (Fsp3) is 0.462. The molecule has 0 bridgehead atoms. The van der Waals surface area contributed by atoms with Crippen molar-refractivity contribution >= 4 is 6.03 Å². The van der Waals surface area contributed by atoms with Gasteiger partial charge in [0.05, 0.1) is 0 Å². The highest BCUT2D eigenvalue weighted by Gasteiger charge is 2.16. The third kappa shape index (κ3) is 3.20. The van der Waals surface area contributed by atoms with Gasteiger partial charge in [0.2, 0.25) is 0 Å². The van der Waals surface area contributed by atoms with E-state index in [1.54, 1.807) is 0 Å². The Morgan fingerprint density at radius 2 is 2.00 bits per heavy atom. The molecule has 0 unspecified atom stereocenters. The molecule has 0 aliphatic carbocycles. The van der Waals surface area contributed by atoms with Gasteiger partial charge >= 0.3 is 6.03 Å². The summed E-state index contributed by atoms with van der Waals surface area (Å²) < 4.78 is 0. The van der Waals surface area contributed by atoms with Crippen molar-refractivity contribution in [2.75, 3.05) is 13.1 Å². The highest BCUT2D eigenvalue weighted by molar-refractivity contribution is 5.74. The van der Waals surface area contributed by atoms with Crippen LogP contribution in [0.25, 0.3) is 0 Å². The maximum atomic E-state index is 11.8. The molecule has 4 nitrogen and oxygen atoms in total. The van der Waals surface area contributed by atoms with Gasteiger partial charge in [0.15, 0.2) is 0 Å². The molecule has 0 aromatic heterocycles. The number of nitrogens with one attached hydrogen (secondary N) is 1. The molecule has 1 saturated heterocycles. The van der Waals surface area contributed by atoms with Crippen molar-refractivity contribution in [3.8, 4) is 0 Å². The van der Waals surface area contributed by atoms with E-state index in [1.165, 1.54) is 0 Å². The molecule has 2 amide bonds. The molecule has 0 saturated carbocycles.